The zero-order chi connectivity index (χ0) is 18.6. The van der Waals surface area contributed by atoms with Crippen molar-refractivity contribution in [3.05, 3.63) is 54.2 Å². The van der Waals surface area contributed by atoms with Gasteiger partial charge in [0, 0.05) is 26.6 Å². The van der Waals surface area contributed by atoms with Crippen LogP contribution in [0.25, 0.3) is 0 Å². The largest absolute Gasteiger partial charge is 0.486 e. The third-order valence-electron chi connectivity index (χ3n) is 3.51. The molecule has 0 bridgehead atoms. The molecule has 2 aromatic rings. The Morgan fingerprint density at radius 3 is 2.67 bits per heavy atom. The van der Waals surface area contributed by atoms with Crippen LogP contribution < -0.4 is 15.4 Å². The van der Waals surface area contributed by atoms with Crippen molar-refractivity contribution in [2.45, 2.75) is 19.4 Å². The number of halogens is 2. The lowest BCUT2D eigenvalue weighted by atomic mass is 10.3. The zero-order valence-electron chi connectivity index (χ0n) is 15.6. The molecule has 1 aromatic carbocycles. The summed E-state index contributed by atoms with van der Waals surface area (Å²) in [5, 5.41) is 6.43. The van der Waals surface area contributed by atoms with Gasteiger partial charge >= 0.3 is 0 Å². The maximum atomic E-state index is 13.6. The summed E-state index contributed by atoms with van der Waals surface area (Å²) in [6.07, 6.45) is 2.14. The van der Waals surface area contributed by atoms with E-state index in [2.05, 4.69) is 15.6 Å². The number of furan rings is 1. The minimum absolute atomic E-state index is 0. The summed E-state index contributed by atoms with van der Waals surface area (Å²) in [4.78, 5) is 4.50. The molecule has 0 aliphatic heterocycles. The molecule has 0 radical (unpaired) electrons. The Morgan fingerprint density at radius 1 is 1.19 bits per heavy atom. The van der Waals surface area contributed by atoms with E-state index in [0.717, 1.165) is 12.2 Å². The van der Waals surface area contributed by atoms with Crippen molar-refractivity contribution in [2.75, 3.05) is 33.4 Å². The topological polar surface area (TPSA) is 68.0 Å². The number of ether oxygens (including phenoxy) is 2. The SMILES string of the molecule is COCCNC(=NCC(C)Oc1ccccc1F)NCCc1ccco1.I. The molecule has 0 aliphatic carbocycles. The van der Waals surface area contributed by atoms with Crippen LogP contribution in [0.5, 0.6) is 5.75 Å². The highest BCUT2D eigenvalue weighted by molar-refractivity contribution is 14.0. The summed E-state index contributed by atoms with van der Waals surface area (Å²) in [5.41, 5.74) is 0. The van der Waals surface area contributed by atoms with E-state index in [1.54, 1.807) is 31.6 Å². The Hall–Kier alpha value is -1.81. The summed E-state index contributed by atoms with van der Waals surface area (Å²) in [5.74, 6) is 1.41. The van der Waals surface area contributed by atoms with Crippen LogP contribution in [-0.2, 0) is 11.2 Å². The molecule has 6 nitrogen and oxygen atoms in total. The Bertz CT molecular complexity index is 668. The second-order valence-electron chi connectivity index (χ2n) is 5.72. The first kappa shape index (κ1) is 23.2. The number of aliphatic imine (C=N–C) groups is 1. The van der Waals surface area contributed by atoms with Gasteiger partial charge in [-0.05, 0) is 31.2 Å². The van der Waals surface area contributed by atoms with Crippen molar-refractivity contribution in [1.29, 1.82) is 0 Å². The quantitative estimate of drug-likeness (QED) is 0.231. The predicted molar refractivity (Wildman–Crippen MR) is 115 cm³/mol. The Morgan fingerprint density at radius 2 is 1.96 bits per heavy atom. The van der Waals surface area contributed by atoms with Crippen molar-refractivity contribution < 1.29 is 18.3 Å². The van der Waals surface area contributed by atoms with Gasteiger partial charge in [-0.3, -0.25) is 0 Å². The fraction of sp³-hybridized carbons (Fsp3) is 0.421. The average molecular weight is 491 g/mol. The van der Waals surface area contributed by atoms with Crippen LogP contribution in [0.15, 0.2) is 52.1 Å². The number of nitrogens with zero attached hydrogens (tertiary/aromatic N) is 1. The molecule has 150 valence electrons. The number of hydrogen-bond acceptors (Lipinski definition) is 4. The normalized spacial score (nSPS) is 12.2. The standard InChI is InChI=1S/C19H26FN3O3.HI/c1-15(26-18-8-4-3-7-17(18)20)14-23-19(22-11-13-24-2)21-10-9-16-6-5-12-25-16;/h3-8,12,15H,9-11,13-14H2,1-2H3,(H2,21,22,23);1H. The molecule has 0 saturated carbocycles. The van der Waals surface area contributed by atoms with Gasteiger partial charge in [-0.15, -0.1) is 24.0 Å². The highest BCUT2D eigenvalue weighted by Crippen LogP contribution is 2.16. The maximum Gasteiger partial charge on any atom is 0.191 e. The van der Waals surface area contributed by atoms with Gasteiger partial charge in [-0.2, -0.15) is 0 Å². The van der Waals surface area contributed by atoms with E-state index in [0.29, 0.717) is 32.2 Å². The van der Waals surface area contributed by atoms with Crippen LogP contribution in [0, 0.1) is 5.82 Å². The summed E-state index contributed by atoms with van der Waals surface area (Å²) in [7, 11) is 1.65. The second kappa shape index (κ2) is 13.4. The first-order valence-electron chi connectivity index (χ1n) is 8.63. The number of guanidine groups is 1. The van der Waals surface area contributed by atoms with E-state index in [9.17, 15) is 4.39 Å². The van der Waals surface area contributed by atoms with Crippen molar-refractivity contribution in [1.82, 2.24) is 10.6 Å². The van der Waals surface area contributed by atoms with Gasteiger partial charge in [-0.1, -0.05) is 12.1 Å². The predicted octanol–water partition coefficient (Wildman–Crippen LogP) is 3.23. The van der Waals surface area contributed by atoms with Crippen molar-refractivity contribution in [2.24, 2.45) is 4.99 Å². The highest BCUT2D eigenvalue weighted by atomic mass is 127. The van der Waals surface area contributed by atoms with Crippen molar-refractivity contribution >= 4 is 29.9 Å². The molecule has 0 spiro atoms. The Kier molecular flexibility index (Phi) is 11.5. The second-order valence-corrected chi connectivity index (χ2v) is 5.72. The number of benzene rings is 1. The minimum atomic E-state index is -0.377. The third-order valence-corrected chi connectivity index (χ3v) is 3.51. The van der Waals surface area contributed by atoms with Crippen LogP contribution in [0.1, 0.15) is 12.7 Å². The molecule has 1 heterocycles. The summed E-state index contributed by atoms with van der Waals surface area (Å²) in [6.45, 7) is 4.11. The number of methoxy groups -OCH3 is 1. The van der Waals surface area contributed by atoms with Crippen molar-refractivity contribution in [3.8, 4) is 5.75 Å². The number of hydrogen-bond donors (Lipinski definition) is 2. The van der Waals surface area contributed by atoms with Gasteiger partial charge in [0.05, 0.1) is 19.4 Å². The Labute approximate surface area is 176 Å². The number of para-hydroxylation sites is 1. The third kappa shape index (κ3) is 9.09. The first-order valence-corrected chi connectivity index (χ1v) is 8.63. The fourth-order valence-corrected chi connectivity index (χ4v) is 2.22. The zero-order valence-corrected chi connectivity index (χ0v) is 17.9. The van der Waals surface area contributed by atoms with E-state index < -0.39 is 0 Å². The molecule has 0 saturated heterocycles. The van der Waals surface area contributed by atoms with Gasteiger partial charge in [0.2, 0.25) is 0 Å². The summed E-state index contributed by atoms with van der Waals surface area (Å²) in [6, 6.07) is 10.1. The van der Waals surface area contributed by atoms with Crippen LogP contribution in [0.4, 0.5) is 4.39 Å². The average Bonchev–Trinajstić information content (AvgIpc) is 3.15. The molecule has 2 N–H and O–H groups in total. The highest BCUT2D eigenvalue weighted by Gasteiger charge is 2.08. The smallest absolute Gasteiger partial charge is 0.191 e. The van der Waals surface area contributed by atoms with Gasteiger partial charge in [-0.25, -0.2) is 9.38 Å². The molecule has 8 heteroatoms. The summed E-state index contributed by atoms with van der Waals surface area (Å²) < 4.78 is 29.6. The van der Waals surface area contributed by atoms with Gasteiger partial charge in [0.15, 0.2) is 17.5 Å². The fourth-order valence-electron chi connectivity index (χ4n) is 2.22. The molecular weight excluding hydrogens is 464 g/mol. The molecule has 2 rings (SSSR count). The van der Waals surface area contributed by atoms with E-state index >= 15 is 0 Å². The molecule has 1 aromatic heterocycles. The van der Waals surface area contributed by atoms with E-state index in [-0.39, 0.29) is 41.6 Å². The van der Waals surface area contributed by atoms with Gasteiger partial charge < -0.3 is 24.5 Å². The molecule has 0 amide bonds. The molecule has 1 atom stereocenters. The van der Waals surface area contributed by atoms with Crippen LogP contribution in [0.2, 0.25) is 0 Å². The molecule has 27 heavy (non-hydrogen) atoms. The van der Waals surface area contributed by atoms with Crippen LogP contribution in [0.3, 0.4) is 0 Å². The van der Waals surface area contributed by atoms with Crippen molar-refractivity contribution in [3.63, 3.8) is 0 Å². The van der Waals surface area contributed by atoms with Gasteiger partial charge in [0.1, 0.15) is 11.9 Å². The molecule has 0 aliphatic rings. The molecule has 1 unspecified atom stereocenters. The van der Waals surface area contributed by atoms with Crippen LogP contribution in [-0.4, -0.2) is 45.4 Å². The maximum absolute atomic E-state index is 13.6. The van der Waals surface area contributed by atoms with Crippen LogP contribution >= 0.6 is 24.0 Å². The Balaban J connectivity index is 0.00000364. The number of rotatable bonds is 10. The van der Waals surface area contributed by atoms with E-state index in [4.69, 9.17) is 13.9 Å². The van der Waals surface area contributed by atoms with Gasteiger partial charge in [0.25, 0.3) is 0 Å². The monoisotopic (exact) mass is 491 g/mol. The molecular formula is C19H27FIN3O3. The minimum Gasteiger partial charge on any atom is -0.486 e. The lowest BCUT2D eigenvalue weighted by Gasteiger charge is -2.16. The first-order chi connectivity index (χ1) is 12.7. The molecule has 0 fully saturated rings. The number of nitrogens with one attached hydrogen (secondary N) is 2. The summed E-state index contributed by atoms with van der Waals surface area (Å²) >= 11 is 0. The van der Waals surface area contributed by atoms with E-state index in [1.807, 2.05) is 19.1 Å². The lowest BCUT2D eigenvalue weighted by molar-refractivity contribution is 0.203. The van der Waals surface area contributed by atoms with E-state index in [1.165, 1.54) is 6.07 Å². The lowest BCUT2D eigenvalue weighted by Crippen LogP contribution is -2.40.